The molecule has 1 heterocycles. The van der Waals surface area contributed by atoms with Crippen LogP contribution in [0, 0.1) is 0 Å². The van der Waals surface area contributed by atoms with Crippen LogP contribution in [0.25, 0.3) is 0 Å². The smallest absolute Gasteiger partial charge is 0.0543 e. The summed E-state index contributed by atoms with van der Waals surface area (Å²) in [6.07, 6.45) is 2.61. The number of hydrogen-bond donors (Lipinski definition) is 2. The minimum Gasteiger partial charge on any atom is -0.396 e. The van der Waals surface area contributed by atoms with Gasteiger partial charge in [0.15, 0.2) is 0 Å². The lowest BCUT2D eigenvalue weighted by Gasteiger charge is -2.23. The van der Waals surface area contributed by atoms with Gasteiger partial charge in [0.2, 0.25) is 0 Å². The van der Waals surface area contributed by atoms with Gasteiger partial charge in [0.25, 0.3) is 0 Å². The highest BCUT2D eigenvalue weighted by Crippen LogP contribution is 2.01. The van der Waals surface area contributed by atoms with Crippen LogP contribution in [0.5, 0.6) is 0 Å². The zero-order chi connectivity index (χ0) is 12.5. The average molecular weight is 237 g/mol. The minimum absolute atomic E-state index is 0.231. The van der Waals surface area contributed by atoms with E-state index in [0.29, 0.717) is 6.04 Å². The summed E-state index contributed by atoms with van der Waals surface area (Å²) >= 11 is 0. The fourth-order valence-corrected chi connectivity index (χ4v) is 1.91. The molecule has 0 aliphatic carbocycles. The summed E-state index contributed by atoms with van der Waals surface area (Å²) in [5.74, 6) is 0. The first kappa shape index (κ1) is 14.1. The number of nitrogens with zero attached hydrogens (tertiary/aromatic N) is 2. The molecule has 1 rings (SSSR count). The first-order chi connectivity index (χ1) is 8.26. The molecule has 0 saturated carbocycles. The van der Waals surface area contributed by atoms with Gasteiger partial charge in [0, 0.05) is 31.9 Å². The highest BCUT2D eigenvalue weighted by atomic mass is 16.3. The third-order valence-electron chi connectivity index (χ3n) is 2.66. The van der Waals surface area contributed by atoms with Crippen molar-refractivity contribution in [2.75, 3.05) is 26.7 Å². The van der Waals surface area contributed by atoms with E-state index >= 15 is 0 Å². The summed E-state index contributed by atoms with van der Waals surface area (Å²) < 4.78 is 0. The molecule has 1 aromatic heterocycles. The van der Waals surface area contributed by atoms with E-state index in [2.05, 4.69) is 29.2 Å². The molecule has 1 atom stereocenters. The van der Waals surface area contributed by atoms with E-state index in [1.54, 1.807) is 0 Å². The van der Waals surface area contributed by atoms with E-state index in [9.17, 15) is 0 Å². The number of nitrogens with one attached hydrogen (secondary N) is 1. The maximum atomic E-state index is 9.00. The van der Waals surface area contributed by atoms with Crippen molar-refractivity contribution in [2.45, 2.75) is 25.9 Å². The summed E-state index contributed by atoms with van der Waals surface area (Å²) in [5, 5.41) is 12.4. The number of pyridine rings is 1. The summed E-state index contributed by atoms with van der Waals surface area (Å²) in [5.41, 5.74) is 1.08. The molecule has 1 unspecified atom stereocenters. The van der Waals surface area contributed by atoms with Gasteiger partial charge in [-0.25, -0.2) is 0 Å². The number of hydrogen-bond acceptors (Lipinski definition) is 4. The van der Waals surface area contributed by atoms with Crippen LogP contribution in [0.2, 0.25) is 0 Å². The van der Waals surface area contributed by atoms with Crippen LogP contribution in [-0.2, 0) is 6.54 Å². The minimum atomic E-state index is 0.231. The molecule has 0 radical (unpaired) electrons. The van der Waals surface area contributed by atoms with Crippen LogP contribution >= 0.6 is 0 Å². The molecular formula is C13H23N3O. The van der Waals surface area contributed by atoms with Gasteiger partial charge in [0.1, 0.15) is 0 Å². The van der Waals surface area contributed by atoms with Crippen molar-refractivity contribution in [1.82, 2.24) is 15.2 Å². The SMILES string of the molecule is CCNC(CCO)CN(C)Cc1ccccn1. The molecule has 2 N–H and O–H groups in total. The first-order valence-electron chi connectivity index (χ1n) is 6.19. The van der Waals surface area contributed by atoms with Crippen molar-refractivity contribution in [3.05, 3.63) is 30.1 Å². The second-order valence-electron chi connectivity index (χ2n) is 4.28. The molecule has 0 aliphatic heterocycles. The van der Waals surface area contributed by atoms with Crippen LogP contribution < -0.4 is 5.32 Å². The number of aromatic nitrogens is 1. The topological polar surface area (TPSA) is 48.4 Å². The van der Waals surface area contributed by atoms with Crippen LogP contribution in [0.15, 0.2) is 24.4 Å². The monoisotopic (exact) mass is 237 g/mol. The number of rotatable bonds is 8. The average Bonchev–Trinajstić information content (AvgIpc) is 2.30. The Morgan fingerprint density at radius 2 is 2.29 bits per heavy atom. The van der Waals surface area contributed by atoms with Gasteiger partial charge >= 0.3 is 0 Å². The molecule has 0 aliphatic rings. The summed E-state index contributed by atoms with van der Waals surface area (Å²) in [4.78, 5) is 6.53. The standard InChI is InChI=1S/C13H23N3O/c1-3-14-13(7-9-17)11-16(2)10-12-6-4-5-8-15-12/h4-6,8,13-14,17H,3,7,9-11H2,1-2H3. The van der Waals surface area contributed by atoms with Crippen LogP contribution in [0.1, 0.15) is 19.0 Å². The predicted molar refractivity (Wildman–Crippen MR) is 69.7 cm³/mol. The number of aliphatic hydroxyl groups is 1. The maximum Gasteiger partial charge on any atom is 0.0543 e. The molecule has 0 fully saturated rings. The Hall–Kier alpha value is -0.970. The molecule has 0 bridgehead atoms. The van der Waals surface area contributed by atoms with E-state index in [4.69, 9.17) is 5.11 Å². The Bertz CT molecular complexity index is 286. The van der Waals surface area contributed by atoms with Crippen molar-refractivity contribution in [2.24, 2.45) is 0 Å². The Morgan fingerprint density at radius 1 is 1.47 bits per heavy atom. The van der Waals surface area contributed by atoms with E-state index in [1.807, 2.05) is 24.4 Å². The summed E-state index contributed by atoms with van der Waals surface area (Å²) in [6.45, 7) is 5.01. The maximum absolute atomic E-state index is 9.00. The van der Waals surface area contributed by atoms with Gasteiger partial charge in [-0.3, -0.25) is 9.88 Å². The van der Waals surface area contributed by atoms with Crippen molar-refractivity contribution in [3.63, 3.8) is 0 Å². The molecule has 0 saturated heterocycles. The zero-order valence-electron chi connectivity index (χ0n) is 10.8. The fourth-order valence-electron chi connectivity index (χ4n) is 1.91. The third-order valence-corrected chi connectivity index (χ3v) is 2.66. The van der Waals surface area contributed by atoms with E-state index in [0.717, 1.165) is 31.7 Å². The van der Waals surface area contributed by atoms with Crippen LogP contribution in [0.3, 0.4) is 0 Å². The second-order valence-corrected chi connectivity index (χ2v) is 4.28. The lowest BCUT2D eigenvalue weighted by atomic mass is 10.2. The van der Waals surface area contributed by atoms with E-state index < -0.39 is 0 Å². The van der Waals surface area contributed by atoms with Gasteiger partial charge in [-0.05, 0) is 32.1 Å². The molecule has 96 valence electrons. The van der Waals surface area contributed by atoms with E-state index in [-0.39, 0.29) is 6.61 Å². The molecule has 0 spiro atoms. The van der Waals surface area contributed by atoms with Crippen molar-refractivity contribution in [3.8, 4) is 0 Å². The molecule has 4 nitrogen and oxygen atoms in total. The quantitative estimate of drug-likeness (QED) is 0.704. The predicted octanol–water partition coefficient (Wildman–Crippen LogP) is 0.874. The van der Waals surface area contributed by atoms with Crippen LogP contribution in [-0.4, -0.2) is 47.8 Å². The van der Waals surface area contributed by atoms with Gasteiger partial charge < -0.3 is 10.4 Å². The van der Waals surface area contributed by atoms with Crippen molar-refractivity contribution in [1.29, 1.82) is 0 Å². The molecule has 0 aromatic carbocycles. The Morgan fingerprint density at radius 3 is 2.88 bits per heavy atom. The number of likely N-dealkylation sites (N-methyl/N-ethyl adjacent to an activating group) is 2. The zero-order valence-corrected chi connectivity index (χ0v) is 10.8. The fraction of sp³-hybridized carbons (Fsp3) is 0.615. The van der Waals surface area contributed by atoms with Gasteiger partial charge in [-0.1, -0.05) is 13.0 Å². The van der Waals surface area contributed by atoms with Crippen molar-refractivity contribution < 1.29 is 5.11 Å². The van der Waals surface area contributed by atoms with Crippen LogP contribution in [0.4, 0.5) is 0 Å². The van der Waals surface area contributed by atoms with Gasteiger partial charge in [0.05, 0.1) is 5.69 Å². The molecule has 1 aromatic rings. The Balaban J connectivity index is 2.38. The molecule has 17 heavy (non-hydrogen) atoms. The van der Waals surface area contributed by atoms with Gasteiger partial charge in [-0.2, -0.15) is 0 Å². The normalized spacial score (nSPS) is 12.9. The number of aliphatic hydroxyl groups excluding tert-OH is 1. The molecule has 4 heteroatoms. The largest absolute Gasteiger partial charge is 0.396 e. The summed E-state index contributed by atoms with van der Waals surface area (Å²) in [6, 6.07) is 6.31. The lowest BCUT2D eigenvalue weighted by Crippen LogP contribution is -2.40. The summed E-state index contributed by atoms with van der Waals surface area (Å²) in [7, 11) is 2.08. The van der Waals surface area contributed by atoms with Gasteiger partial charge in [-0.15, -0.1) is 0 Å². The highest BCUT2D eigenvalue weighted by molar-refractivity contribution is 5.03. The Kier molecular flexibility index (Phi) is 6.77. The third kappa shape index (κ3) is 5.77. The molecule has 0 amide bonds. The highest BCUT2D eigenvalue weighted by Gasteiger charge is 2.10. The molecular weight excluding hydrogens is 214 g/mol. The second kappa shape index (κ2) is 8.17. The first-order valence-corrected chi connectivity index (χ1v) is 6.19. The lowest BCUT2D eigenvalue weighted by molar-refractivity contribution is 0.226. The Labute approximate surface area is 104 Å². The van der Waals surface area contributed by atoms with E-state index in [1.165, 1.54) is 0 Å². The van der Waals surface area contributed by atoms with Crippen molar-refractivity contribution >= 4 is 0 Å².